The van der Waals surface area contributed by atoms with E-state index in [2.05, 4.69) is 51.8 Å². The highest BCUT2D eigenvalue weighted by molar-refractivity contribution is 6.30. The second kappa shape index (κ2) is 8.49. The third-order valence-corrected chi connectivity index (χ3v) is 4.15. The number of nitrogens with zero attached hydrogens (tertiary/aromatic N) is 2. The molecule has 5 heteroatoms. The largest absolute Gasteiger partial charge is 0.354 e. The van der Waals surface area contributed by atoms with Gasteiger partial charge >= 0.3 is 0 Å². The van der Waals surface area contributed by atoms with Crippen LogP contribution in [-0.2, 0) is 12.8 Å². The molecule has 0 fully saturated rings. The highest BCUT2D eigenvalue weighted by Crippen LogP contribution is 2.16. The van der Waals surface area contributed by atoms with Gasteiger partial charge < -0.3 is 10.6 Å². The first-order valence-corrected chi connectivity index (χ1v) is 8.78. The summed E-state index contributed by atoms with van der Waals surface area (Å²) in [6.45, 7) is 2.91. The molecule has 0 radical (unpaired) electrons. The van der Waals surface area contributed by atoms with Crippen LogP contribution in [0.3, 0.4) is 0 Å². The number of rotatable bonds is 7. The van der Waals surface area contributed by atoms with Crippen molar-refractivity contribution < 1.29 is 0 Å². The molecule has 0 bridgehead atoms. The van der Waals surface area contributed by atoms with Gasteiger partial charge in [-0.1, -0.05) is 42.8 Å². The molecule has 2 aromatic carbocycles. The number of nitrogens with one attached hydrogen (secondary N) is 2. The zero-order valence-corrected chi connectivity index (χ0v) is 14.9. The summed E-state index contributed by atoms with van der Waals surface area (Å²) in [5.74, 6) is 1.39. The summed E-state index contributed by atoms with van der Waals surface area (Å²) in [7, 11) is 0. The van der Waals surface area contributed by atoms with Crippen LogP contribution in [0.2, 0.25) is 5.02 Å². The molecule has 0 saturated carbocycles. The lowest BCUT2D eigenvalue weighted by Gasteiger charge is -2.09. The van der Waals surface area contributed by atoms with E-state index in [9.17, 15) is 0 Å². The molecule has 0 aliphatic carbocycles. The predicted octanol–water partition coefficient (Wildman–Crippen LogP) is 5.09. The molecule has 25 heavy (non-hydrogen) atoms. The van der Waals surface area contributed by atoms with E-state index in [1.165, 1.54) is 11.1 Å². The summed E-state index contributed by atoms with van der Waals surface area (Å²) in [6, 6.07) is 18.1. The van der Waals surface area contributed by atoms with Crippen LogP contribution in [-0.4, -0.2) is 16.5 Å². The Labute approximate surface area is 153 Å². The van der Waals surface area contributed by atoms with E-state index in [-0.39, 0.29) is 0 Å². The molecule has 1 heterocycles. The van der Waals surface area contributed by atoms with Crippen molar-refractivity contribution in [2.75, 3.05) is 17.2 Å². The molecule has 0 aliphatic heterocycles. The van der Waals surface area contributed by atoms with Crippen molar-refractivity contribution in [3.8, 4) is 0 Å². The molecule has 0 saturated heterocycles. The number of hydrogen-bond acceptors (Lipinski definition) is 4. The monoisotopic (exact) mass is 352 g/mol. The first-order valence-electron chi connectivity index (χ1n) is 8.40. The van der Waals surface area contributed by atoms with Crippen molar-refractivity contribution >= 4 is 29.1 Å². The van der Waals surface area contributed by atoms with Crippen LogP contribution in [0.5, 0.6) is 0 Å². The maximum atomic E-state index is 5.90. The molecule has 128 valence electrons. The third-order valence-electron chi connectivity index (χ3n) is 3.90. The Balaban J connectivity index is 1.56. The SMILES string of the molecule is CCc1ccc(Nc2ccnc(NCCc3ccc(Cl)cc3)n2)cc1. The van der Waals surface area contributed by atoms with E-state index < -0.39 is 0 Å². The lowest BCUT2D eigenvalue weighted by molar-refractivity contribution is 0.985. The average molecular weight is 353 g/mol. The minimum absolute atomic E-state index is 0.615. The van der Waals surface area contributed by atoms with E-state index in [0.29, 0.717) is 5.95 Å². The molecule has 2 N–H and O–H groups in total. The van der Waals surface area contributed by atoms with Crippen LogP contribution in [0, 0.1) is 0 Å². The lowest BCUT2D eigenvalue weighted by Crippen LogP contribution is -2.08. The fraction of sp³-hybridized carbons (Fsp3) is 0.200. The molecule has 3 rings (SSSR count). The van der Waals surface area contributed by atoms with Gasteiger partial charge in [0.1, 0.15) is 5.82 Å². The van der Waals surface area contributed by atoms with Gasteiger partial charge in [0.2, 0.25) is 5.95 Å². The Hall–Kier alpha value is -2.59. The van der Waals surface area contributed by atoms with Gasteiger partial charge in [0.15, 0.2) is 0 Å². The van der Waals surface area contributed by atoms with Gasteiger partial charge in [0.05, 0.1) is 0 Å². The molecule has 0 spiro atoms. The number of aromatic nitrogens is 2. The van der Waals surface area contributed by atoms with Crippen molar-refractivity contribution in [2.45, 2.75) is 19.8 Å². The molecule has 0 atom stereocenters. The molecule has 0 unspecified atom stereocenters. The van der Waals surface area contributed by atoms with Crippen LogP contribution in [0.25, 0.3) is 0 Å². The van der Waals surface area contributed by atoms with Gasteiger partial charge in [-0.25, -0.2) is 4.98 Å². The second-order valence-electron chi connectivity index (χ2n) is 5.74. The summed E-state index contributed by atoms with van der Waals surface area (Å²) in [4.78, 5) is 8.77. The maximum Gasteiger partial charge on any atom is 0.224 e. The summed E-state index contributed by atoms with van der Waals surface area (Å²) in [5, 5.41) is 7.32. The highest BCUT2D eigenvalue weighted by atomic mass is 35.5. The van der Waals surface area contributed by atoms with E-state index >= 15 is 0 Å². The molecular formula is C20H21ClN4. The summed E-state index contributed by atoms with van der Waals surface area (Å²) >= 11 is 5.90. The zero-order chi connectivity index (χ0) is 17.5. The van der Waals surface area contributed by atoms with E-state index in [0.717, 1.165) is 35.9 Å². The Morgan fingerprint density at radius 2 is 1.64 bits per heavy atom. The van der Waals surface area contributed by atoms with Gasteiger partial charge in [-0.05, 0) is 54.3 Å². The van der Waals surface area contributed by atoms with E-state index in [1.54, 1.807) is 6.20 Å². The Bertz CT molecular complexity index is 801. The quantitative estimate of drug-likeness (QED) is 0.621. The fourth-order valence-corrected chi connectivity index (χ4v) is 2.58. The second-order valence-corrected chi connectivity index (χ2v) is 6.18. The number of hydrogen-bond donors (Lipinski definition) is 2. The van der Waals surface area contributed by atoms with Gasteiger partial charge in [0, 0.05) is 23.5 Å². The summed E-state index contributed by atoms with van der Waals surface area (Å²) < 4.78 is 0. The molecule has 1 aromatic heterocycles. The number of halogens is 1. The van der Waals surface area contributed by atoms with E-state index in [4.69, 9.17) is 11.6 Å². The first kappa shape index (κ1) is 17.2. The van der Waals surface area contributed by atoms with Crippen LogP contribution < -0.4 is 10.6 Å². The van der Waals surface area contributed by atoms with Crippen LogP contribution in [0.4, 0.5) is 17.5 Å². The third kappa shape index (κ3) is 5.19. The van der Waals surface area contributed by atoms with E-state index in [1.807, 2.05) is 30.3 Å². The summed E-state index contributed by atoms with van der Waals surface area (Å²) in [6.07, 6.45) is 3.67. The maximum absolute atomic E-state index is 5.90. The molecule has 3 aromatic rings. The average Bonchev–Trinajstić information content (AvgIpc) is 2.64. The number of anilines is 3. The summed E-state index contributed by atoms with van der Waals surface area (Å²) in [5.41, 5.74) is 3.56. The van der Waals surface area contributed by atoms with Gasteiger partial charge in [-0.15, -0.1) is 0 Å². The van der Waals surface area contributed by atoms with Crippen molar-refractivity contribution in [2.24, 2.45) is 0 Å². The van der Waals surface area contributed by atoms with Gasteiger partial charge in [-0.3, -0.25) is 0 Å². The predicted molar refractivity (Wildman–Crippen MR) is 105 cm³/mol. The topological polar surface area (TPSA) is 49.8 Å². The Morgan fingerprint density at radius 1 is 0.920 bits per heavy atom. The van der Waals surface area contributed by atoms with Gasteiger partial charge in [0.25, 0.3) is 0 Å². The molecule has 0 aliphatic rings. The minimum Gasteiger partial charge on any atom is -0.354 e. The van der Waals surface area contributed by atoms with Crippen molar-refractivity contribution in [1.82, 2.24) is 9.97 Å². The van der Waals surface area contributed by atoms with Crippen molar-refractivity contribution in [3.63, 3.8) is 0 Å². The Morgan fingerprint density at radius 3 is 2.36 bits per heavy atom. The lowest BCUT2D eigenvalue weighted by atomic mass is 10.1. The highest BCUT2D eigenvalue weighted by Gasteiger charge is 2.01. The normalized spacial score (nSPS) is 10.5. The van der Waals surface area contributed by atoms with Crippen molar-refractivity contribution in [1.29, 1.82) is 0 Å². The molecule has 4 nitrogen and oxygen atoms in total. The fourth-order valence-electron chi connectivity index (χ4n) is 2.45. The number of benzene rings is 2. The number of aryl methyl sites for hydroxylation is 1. The molecule has 0 amide bonds. The standard InChI is InChI=1S/C20H21ClN4/c1-2-15-5-9-18(10-6-15)24-19-12-14-23-20(25-19)22-13-11-16-3-7-17(21)8-4-16/h3-10,12,14H,2,11,13H2,1H3,(H2,22,23,24,25). The van der Waals surface area contributed by atoms with Crippen LogP contribution in [0.15, 0.2) is 60.8 Å². The van der Waals surface area contributed by atoms with Crippen LogP contribution >= 0.6 is 11.6 Å². The smallest absolute Gasteiger partial charge is 0.224 e. The van der Waals surface area contributed by atoms with Crippen molar-refractivity contribution in [3.05, 3.63) is 76.9 Å². The minimum atomic E-state index is 0.615. The van der Waals surface area contributed by atoms with Crippen LogP contribution in [0.1, 0.15) is 18.1 Å². The zero-order valence-electron chi connectivity index (χ0n) is 14.2. The molecular weight excluding hydrogens is 332 g/mol. The first-order chi connectivity index (χ1) is 12.2. The van der Waals surface area contributed by atoms with Gasteiger partial charge in [-0.2, -0.15) is 4.98 Å². The Kier molecular flexibility index (Phi) is 5.86.